The molecule has 0 saturated carbocycles. The molecule has 158 valence electrons. The van der Waals surface area contributed by atoms with Crippen molar-refractivity contribution in [1.29, 1.82) is 0 Å². The SMILES string of the molecule is Cc1cc(C)c2nc(N3CCN(CCNC(=O)c4ccc(C)c(C)c4)CC3)sc2c1. The first-order valence-corrected chi connectivity index (χ1v) is 11.4. The molecule has 0 aliphatic carbocycles. The van der Waals surface area contributed by atoms with Crippen molar-refractivity contribution < 1.29 is 4.79 Å². The van der Waals surface area contributed by atoms with Crippen LogP contribution in [0.1, 0.15) is 32.6 Å². The van der Waals surface area contributed by atoms with Gasteiger partial charge in [0.05, 0.1) is 10.2 Å². The van der Waals surface area contributed by atoms with Gasteiger partial charge >= 0.3 is 0 Å². The Kier molecular flexibility index (Phi) is 6.06. The predicted molar refractivity (Wildman–Crippen MR) is 126 cm³/mol. The van der Waals surface area contributed by atoms with E-state index in [2.05, 4.69) is 48.0 Å². The van der Waals surface area contributed by atoms with Crippen molar-refractivity contribution in [2.45, 2.75) is 27.7 Å². The van der Waals surface area contributed by atoms with Gasteiger partial charge in [0, 0.05) is 44.8 Å². The summed E-state index contributed by atoms with van der Waals surface area (Å²) in [5, 5.41) is 4.19. The number of anilines is 1. The normalized spacial score (nSPS) is 15.0. The highest BCUT2D eigenvalue weighted by Crippen LogP contribution is 2.32. The molecular weight excluding hydrogens is 392 g/mol. The van der Waals surface area contributed by atoms with E-state index in [0.29, 0.717) is 6.54 Å². The molecule has 0 bridgehead atoms. The van der Waals surface area contributed by atoms with Crippen LogP contribution in [0.15, 0.2) is 30.3 Å². The van der Waals surface area contributed by atoms with E-state index in [9.17, 15) is 4.79 Å². The first-order valence-electron chi connectivity index (χ1n) is 10.6. The molecule has 0 atom stereocenters. The number of aryl methyl sites for hydroxylation is 4. The molecule has 0 radical (unpaired) electrons. The average molecular weight is 423 g/mol. The minimum absolute atomic E-state index is 0.0110. The minimum atomic E-state index is 0.0110. The lowest BCUT2D eigenvalue weighted by atomic mass is 10.1. The van der Waals surface area contributed by atoms with E-state index in [0.717, 1.165) is 54.5 Å². The average Bonchev–Trinajstić information content (AvgIpc) is 3.15. The molecule has 0 spiro atoms. The third kappa shape index (κ3) is 4.50. The maximum Gasteiger partial charge on any atom is 0.251 e. The molecule has 0 unspecified atom stereocenters. The number of carbonyl (C=O) groups is 1. The van der Waals surface area contributed by atoms with Crippen molar-refractivity contribution in [3.63, 3.8) is 0 Å². The zero-order valence-corrected chi connectivity index (χ0v) is 19.1. The van der Waals surface area contributed by atoms with Gasteiger partial charge in [-0.1, -0.05) is 23.5 Å². The van der Waals surface area contributed by atoms with Gasteiger partial charge in [-0.3, -0.25) is 9.69 Å². The zero-order valence-electron chi connectivity index (χ0n) is 18.3. The van der Waals surface area contributed by atoms with E-state index in [1.165, 1.54) is 21.4 Å². The Morgan fingerprint density at radius 2 is 1.77 bits per heavy atom. The van der Waals surface area contributed by atoms with Crippen LogP contribution in [0.3, 0.4) is 0 Å². The summed E-state index contributed by atoms with van der Waals surface area (Å²) in [6.07, 6.45) is 0. The molecule has 1 saturated heterocycles. The van der Waals surface area contributed by atoms with Crippen molar-refractivity contribution in [2.24, 2.45) is 0 Å². The number of hydrogen-bond donors (Lipinski definition) is 1. The van der Waals surface area contributed by atoms with Crippen LogP contribution in [0.2, 0.25) is 0 Å². The summed E-state index contributed by atoms with van der Waals surface area (Å²) in [5.74, 6) is 0.0110. The highest BCUT2D eigenvalue weighted by molar-refractivity contribution is 7.22. The largest absolute Gasteiger partial charge is 0.351 e. The molecule has 1 aliphatic heterocycles. The third-order valence-electron chi connectivity index (χ3n) is 5.94. The molecule has 2 heterocycles. The fraction of sp³-hybridized carbons (Fsp3) is 0.417. The fourth-order valence-electron chi connectivity index (χ4n) is 3.97. The molecule has 5 nitrogen and oxygen atoms in total. The quantitative estimate of drug-likeness (QED) is 0.673. The van der Waals surface area contributed by atoms with Gasteiger partial charge in [-0.15, -0.1) is 0 Å². The lowest BCUT2D eigenvalue weighted by molar-refractivity contribution is 0.0947. The van der Waals surface area contributed by atoms with Gasteiger partial charge in [-0.2, -0.15) is 0 Å². The smallest absolute Gasteiger partial charge is 0.251 e. The van der Waals surface area contributed by atoms with Gasteiger partial charge in [-0.05, 0) is 68.1 Å². The highest BCUT2D eigenvalue weighted by Gasteiger charge is 2.20. The topological polar surface area (TPSA) is 48.5 Å². The van der Waals surface area contributed by atoms with E-state index in [1.54, 1.807) is 11.3 Å². The number of hydrogen-bond acceptors (Lipinski definition) is 5. The molecular formula is C24H30N4OS. The van der Waals surface area contributed by atoms with Gasteiger partial charge in [-0.25, -0.2) is 4.98 Å². The summed E-state index contributed by atoms with van der Waals surface area (Å²) in [4.78, 5) is 22.1. The molecule has 4 rings (SSSR count). The van der Waals surface area contributed by atoms with Crippen LogP contribution < -0.4 is 10.2 Å². The maximum atomic E-state index is 12.4. The standard InChI is InChI=1S/C24H30N4OS/c1-16-13-19(4)22-21(14-16)30-24(26-22)28-11-9-27(10-12-28)8-7-25-23(29)20-6-5-17(2)18(3)15-20/h5-6,13-15H,7-12H2,1-4H3,(H,25,29). The predicted octanol–water partition coefficient (Wildman–Crippen LogP) is 4.08. The van der Waals surface area contributed by atoms with Crippen molar-refractivity contribution >= 4 is 32.6 Å². The number of benzene rings is 2. The minimum Gasteiger partial charge on any atom is -0.351 e. The Morgan fingerprint density at radius 1 is 1.00 bits per heavy atom. The molecule has 1 amide bonds. The van der Waals surface area contributed by atoms with E-state index in [1.807, 2.05) is 25.1 Å². The summed E-state index contributed by atoms with van der Waals surface area (Å²) in [6.45, 7) is 13.9. The van der Waals surface area contributed by atoms with Gasteiger partial charge < -0.3 is 10.2 Å². The van der Waals surface area contributed by atoms with Crippen LogP contribution in [0.5, 0.6) is 0 Å². The van der Waals surface area contributed by atoms with E-state index >= 15 is 0 Å². The summed E-state index contributed by atoms with van der Waals surface area (Å²) in [7, 11) is 0. The number of rotatable bonds is 5. The maximum absolute atomic E-state index is 12.4. The summed E-state index contributed by atoms with van der Waals surface area (Å²) in [6, 6.07) is 10.3. The first kappa shape index (κ1) is 20.8. The number of fused-ring (bicyclic) bond motifs is 1. The molecule has 1 fully saturated rings. The van der Waals surface area contributed by atoms with Crippen LogP contribution >= 0.6 is 11.3 Å². The van der Waals surface area contributed by atoms with Crippen LogP contribution in [-0.2, 0) is 0 Å². The van der Waals surface area contributed by atoms with Gasteiger partial charge in [0.15, 0.2) is 5.13 Å². The molecule has 6 heteroatoms. The van der Waals surface area contributed by atoms with Crippen LogP contribution in [0, 0.1) is 27.7 Å². The Balaban J connectivity index is 1.27. The highest BCUT2D eigenvalue weighted by atomic mass is 32.1. The van der Waals surface area contributed by atoms with Crippen molar-refractivity contribution in [3.05, 3.63) is 58.1 Å². The second-order valence-electron chi connectivity index (χ2n) is 8.31. The monoisotopic (exact) mass is 422 g/mol. The second kappa shape index (κ2) is 8.74. The van der Waals surface area contributed by atoms with Crippen molar-refractivity contribution in [3.8, 4) is 0 Å². The van der Waals surface area contributed by atoms with Crippen LogP contribution in [0.4, 0.5) is 5.13 Å². The number of carbonyl (C=O) groups excluding carboxylic acids is 1. The molecule has 1 aromatic heterocycles. The van der Waals surface area contributed by atoms with E-state index in [4.69, 9.17) is 4.98 Å². The van der Waals surface area contributed by atoms with E-state index < -0.39 is 0 Å². The van der Waals surface area contributed by atoms with Crippen LogP contribution in [-0.4, -0.2) is 55.1 Å². The van der Waals surface area contributed by atoms with Crippen LogP contribution in [0.25, 0.3) is 10.2 Å². The van der Waals surface area contributed by atoms with Crippen molar-refractivity contribution in [1.82, 2.24) is 15.2 Å². The van der Waals surface area contributed by atoms with E-state index in [-0.39, 0.29) is 5.91 Å². The second-order valence-corrected chi connectivity index (χ2v) is 9.32. The molecule has 30 heavy (non-hydrogen) atoms. The van der Waals surface area contributed by atoms with Crippen molar-refractivity contribution in [2.75, 3.05) is 44.2 Å². The Labute approximate surface area is 182 Å². The fourth-order valence-corrected chi connectivity index (χ4v) is 5.16. The third-order valence-corrected chi connectivity index (χ3v) is 7.01. The number of nitrogens with zero attached hydrogens (tertiary/aromatic N) is 3. The lowest BCUT2D eigenvalue weighted by Crippen LogP contribution is -2.48. The Morgan fingerprint density at radius 3 is 2.50 bits per heavy atom. The Bertz CT molecular complexity index is 1070. The first-order chi connectivity index (χ1) is 14.4. The number of aromatic nitrogens is 1. The Hall–Kier alpha value is -2.44. The molecule has 2 aromatic carbocycles. The summed E-state index contributed by atoms with van der Waals surface area (Å²) >= 11 is 1.79. The van der Waals surface area contributed by atoms with Gasteiger partial charge in [0.25, 0.3) is 5.91 Å². The lowest BCUT2D eigenvalue weighted by Gasteiger charge is -2.34. The molecule has 3 aromatic rings. The van der Waals surface area contributed by atoms with Gasteiger partial charge in [0.2, 0.25) is 0 Å². The van der Waals surface area contributed by atoms with Gasteiger partial charge in [0.1, 0.15) is 0 Å². The number of thiazole rings is 1. The summed E-state index contributed by atoms with van der Waals surface area (Å²) in [5.41, 5.74) is 6.79. The number of piperazine rings is 1. The molecule has 1 N–H and O–H groups in total. The zero-order chi connectivity index (χ0) is 21.3. The number of amides is 1. The summed E-state index contributed by atoms with van der Waals surface area (Å²) < 4.78 is 1.28. The molecule has 1 aliphatic rings. The number of nitrogens with one attached hydrogen (secondary N) is 1.